The predicted molar refractivity (Wildman–Crippen MR) is 87.7 cm³/mol. The molecule has 0 atom stereocenters. The number of allylic oxidation sites excluding steroid dienone is 4. The topological polar surface area (TPSA) is 56.1 Å². The minimum absolute atomic E-state index is 0.0611. The van der Waals surface area contributed by atoms with Crippen molar-refractivity contribution in [1.29, 1.82) is 0 Å². The Morgan fingerprint density at radius 2 is 2.18 bits per heavy atom. The van der Waals surface area contributed by atoms with Crippen LogP contribution in [0.3, 0.4) is 0 Å². The zero-order chi connectivity index (χ0) is 16.3. The molecule has 0 bridgehead atoms. The molecule has 1 aromatic heterocycles. The summed E-state index contributed by atoms with van der Waals surface area (Å²) in [5.74, 6) is 0.653. The molecule has 0 aliphatic carbocycles. The number of Topliss-reactive ketones (excluding diaryl/α,β-unsaturated/α-hetero) is 1. The normalized spacial score (nSPS) is 16.8. The summed E-state index contributed by atoms with van der Waals surface area (Å²) in [6.07, 6.45) is 5.61. The van der Waals surface area contributed by atoms with Crippen LogP contribution in [0.25, 0.3) is 5.57 Å². The van der Waals surface area contributed by atoms with Gasteiger partial charge in [-0.05, 0) is 19.4 Å². The monoisotopic (exact) mass is 301 g/mol. The highest BCUT2D eigenvalue weighted by molar-refractivity contribution is 5.98. The van der Waals surface area contributed by atoms with Crippen molar-refractivity contribution in [3.63, 3.8) is 0 Å². The number of nitrogens with zero attached hydrogens (tertiary/aromatic N) is 2. The highest BCUT2D eigenvalue weighted by Gasteiger charge is 2.25. The van der Waals surface area contributed by atoms with E-state index in [9.17, 15) is 4.79 Å². The molecule has 5 heteroatoms. The van der Waals surface area contributed by atoms with E-state index in [1.165, 1.54) is 6.92 Å². The van der Waals surface area contributed by atoms with Crippen LogP contribution in [0.15, 0.2) is 36.3 Å². The Morgan fingerprint density at radius 1 is 1.50 bits per heavy atom. The zero-order valence-electron chi connectivity index (χ0n) is 13.6. The third kappa shape index (κ3) is 2.90. The van der Waals surface area contributed by atoms with Gasteiger partial charge in [0.2, 0.25) is 0 Å². The Labute approximate surface area is 131 Å². The molecule has 118 valence electrons. The Kier molecular flexibility index (Phi) is 4.98. The molecule has 0 radical (unpaired) electrons. The summed E-state index contributed by atoms with van der Waals surface area (Å²) >= 11 is 0. The summed E-state index contributed by atoms with van der Waals surface area (Å²) < 4.78 is 7.40. The number of methoxy groups -OCH3 is 1. The van der Waals surface area contributed by atoms with Crippen LogP contribution in [0.1, 0.15) is 42.9 Å². The Morgan fingerprint density at radius 3 is 2.59 bits per heavy atom. The smallest absolute Gasteiger partial charge is 0.180 e. The average Bonchev–Trinajstić information content (AvgIpc) is 2.86. The molecule has 0 saturated carbocycles. The Hall–Kier alpha value is -2.14. The molecular weight excluding hydrogens is 278 g/mol. The lowest BCUT2D eigenvalue weighted by Crippen LogP contribution is -2.43. The highest BCUT2D eigenvalue weighted by Crippen LogP contribution is 2.29. The molecule has 0 unspecified atom stereocenters. The van der Waals surface area contributed by atoms with Crippen LogP contribution in [0.2, 0.25) is 0 Å². The van der Waals surface area contributed by atoms with Gasteiger partial charge in [0.1, 0.15) is 11.5 Å². The molecule has 1 saturated heterocycles. The quantitative estimate of drug-likeness (QED) is 0.499. The number of nitrogens with one attached hydrogen (secondary N) is 1. The van der Waals surface area contributed by atoms with Gasteiger partial charge in [0.25, 0.3) is 0 Å². The molecule has 22 heavy (non-hydrogen) atoms. The fraction of sp³-hybridized carbons (Fsp3) is 0.412. The molecule has 1 aliphatic rings. The molecule has 5 nitrogen and oxygen atoms in total. The molecule has 1 aromatic rings. The minimum atomic E-state index is -0.0611. The van der Waals surface area contributed by atoms with Crippen molar-refractivity contribution in [2.24, 2.45) is 0 Å². The van der Waals surface area contributed by atoms with Crippen LogP contribution in [0, 0.1) is 0 Å². The van der Waals surface area contributed by atoms with Crippen molar-refractivity contribution in [3.05, 3.63) is 47.5 Å². The lowest BCUT2D eigenvalue weighted by atomic mass is 10.0. The third-order valence-electron chi connectivity index (χ3n) is 3.93. The number of ketones is 1. The van der Waals surface area contributed by atoms with E-state index < -0.39 is 0 Å². The lowest BCUT2D eigenvalue weighted by Gasteiger charge is -2.27. The molecule has 0 amide bonds. The van der Waals surface area contributed by atoms with Gasteiger partial charge in [0, 0.05) is 37.3 Å². The first-order valence-electron chi connectivity index (χ1n) is 7.38. The molecule has 1 aliphatic heterocycles. The Balaban J connectivity index is 2.61. The van der Waals surface area contributed by atoms with E-state index in [1.54, 1.807) is 13.2 Å². The van der Waals surface area contributed by atoms with Crippen molar-refractivity contribution in [1.82, 2.24) is 15.1 Å². The Bertz CT molecular complexity index is 649. The molecule has 0 aromatic carbocycles. The standard InChI is InChI=1S/C17H23N3O2/c1-6-11(3)17(22-5)14(7-2)15-10-20(13-8-18-9-13)19-16(15)12(4)21/h6-7,10,13,18H,2,8-9H2,1,3-5H3/b11-6-,17-14-. The summed E-state index contributed by atoms with van der Waals surface area (Å²) in [5, 5.41) is 7.68. The SMILES string of the molecule is C=C/C(=C(OC)\C(C)=C/C)c1cn(C2CNC2)nc1C(C)=O. The van der Waals surface area contributed by atoms with Crippen molar-refractivity contribution < 1.29 is 9.53 Å². The van der Waals surface area contributed by atoms with Gasteiger partial charge in [0.15, 0.2) is 5.78 Å². The number of carbonyl (C=O) groups is 1. The highest BCUT2D eigenvalue weighted by atomic mass is 16.5. The van der Waals surface area contributed by atoms with Crippen molar-refractivity contribution in [2.75, 3.05) is 20.2 Å². The number of rotatable bonds is 6. The van der Waals surface area contributed by atoms with E-state index in [4.69, 9.17) is 4.74 Å². The summed E-state index contributed by atoms with van der Waals surface area (Å²) in [6, 6.07) is 0.298. The van der Waals surface area contributed by atoms with Gasteiger partial charge >= 0.3 is 0 Å². The van der Waals surface area contributed by atoms with E-state index in [2.05, 4.69) is 17.0 Å². The second-order valence-electron chi connectivity index (χ2n) is 5.36. The van der Waals surface area contributed by atoms with E-state index in [0.717, 1.165) is 29.8 Å². The first-order valence-corrected chi connectivity index (χ1v) is 7.38. The number of ether oxygens (including phenoxy) is 1. The predicted octanol–water partition coefficient (Wildman–Crippen LogP) is 2.74. The van der Waals surface area contributed by atoms with Crippen LogP contribution in [-0.2, 0) is 4.74 Å². The van der Waals surface area contributed by atoms with Gasteiger partial charge in [-0.2, -0.15) is 5.10 Å². The summed E-state index contributed by atoms with van der Waals surface area (Å²) in [7, 11) is 1.62. The van der Waals surface area contributed by atoms with Crippen LogP contribution in [0.5, 0.6) is 0 Å². The van der Waals surface area contributed by atoms with Crippen LogP contribution < -0.4 is 5.32 Å². The van der Waals surface area contributed by atoms with Gasteiger partial charge in [-0.3, -0.25) is 9.48 Å². The van der Waals surface area contributed by atoms with Gasteiger partial charge in [-0.1, -0.05) is 18.7 Å². The molecule has 2 rings (SSSR count). The second-order valence-corrected chi connectivity index (χ2v) is 5.36. The number of hydrogen-bond acceptors (Lipinski definition) is 4. The fourth-order valence-corrected chi connectivity index (χ4v) is 2.44. The van der Waals surface area contributed by atoms with Crippen LogP contribution in [-0.4, -0.2) is 35.8 Å². The average molecular weight is 301 g/mol. The van der Waals surface area contributed by atoms with Gasteiger partial charge in [-0.15, -0.1) is 0 Å². The van der Waals surface area contributed by atoms with Crippen LogP contribution in [0.4, 0.5) is 0 Å². The lowest BCUT2D eigenvalue weighted by molar-refractivity contribution is 0.101. The summed E-state index contributed by atoms with van der Waals surface area (Å²) in [6.45, 7) is 11.1. The van der Waals surface area contributed by atoms with E-state index in [1.807, 2.05) is 30.8 Å². The zero-order valence-corrected chi connectivity index (χ0v) is 13.6. The van der Waals surface area contributed by atoms with Gasteiger partial charge < -0.3 is 10.1 Å². The van der Waals surface area contributed by atoms with Gasteiger partial charge in [-0.25, -0.2) is 0 Å². The first kappa shape index (κ1) is 16.2. The molecule has 0 spiro atoms. The maximum Gasteiger partial charge on any atom is 0.180 e. The third-order valence-corrected chi connectivity index (χ3v) is 3.93. The molecule has 1 fully saturated rings. The van der Waals surface area contributed by atoms with Gasteiger partial charge in [0.05, 0.1) is 13.2 Å². The minimum Gasteiger partial charge on any atom is -0.496 e. The largest absolute Gasteiger partial charge is 0.496 e. The van der Waals surface area contributed by atoms with E-state index in [-0.39, 0.29) is 5.78 Å². The molecule has 1 N–H and O–H groups in total. The summed E-state index contributed by atoms with van der Waals surface area (Å²) in [4.78, 5) is 12.0. The molecular formula is C17H23N3O2. The maximum absolute atomic E-state index is 12.0. The number of aromatic nitrogens is 2. The summed E-state index contributed by atoms with van der Waals surface area (Å²) in [5.41, 5.74) is 3.01. The second kappa shape index (κ2) is 6.75. The van der Waals surface area contributed by atoms with Crippen molar-refractivity contribution >= 4 is 11.4 Å². The number of hydrogen-bond donors (Lipinski definition) is 1. The number of carbonyl (C=O) groups excluding carboxylic acids is 1. The first-order chi connectivity index (χ1) is 10.5. The molecule has 2 heterocycles. The van der Waals surface area contributed by atoms with E-state index in [0.29, 0.717) is 17.5 Å². The van der Waals surface area contributed by atoms with Crippen LogP contribution >= 0.6 is 0 Å². The fourth-order valence-electron chi connectivity index (χ4n) is 2.44. The van der Waals surface area contributed by atoms with E-state index >= 15 is 0 Å². The van der Waals surface area contributed by atoms with Crippen molar-refractivity contribution in [3.8, 4) is 0 Å². The van der Waals surface area contributed by atoms with Crippen molar-refractivity contribution in [2.45, 2.75) is 26.8 Å². The maximum atomic E-state index is 12.0.